The van der Waals surface area contributed by atoms with E-state index in [9.17, 15) is 9.59 Å². The molecule has 0 aromatic carbocycles. The van der Waals surface area contributed by atoms with Crippen LogP contribution in [0.2, 0.25) is 0 Å². The molecule has 0 unspecified atom stereocenters. The normalized spacial score (nSPS) is 11.8. The zero-order chi connectivity index (χ0) is 17.5. The van der Waals surface area contributed by atoms with Crippen molar-refractivity contribution in [2.45, 2.75) is 39.2 Å². The molecule has 0 spiro atoms. The molecular weight excluding hydrogens is 306 g/mol. The maximum absolute atomic E-state index is 12.2. The minimum atomic E-state index is -0.710. The molecule has 7 nitrogen and oxygen atoms in total. The van der Waals surface area contributed by atoms with Gasteiger partial charge in [-0.3, -0.25) is 19.3 Å². The molecule has 2 heterocycles. The van der Waals surface area contributed by atoms with Crippen molar-refractivity contribution >= 4 is 17.6 Å². The van der Waals surface area contributed by atoms with Crippen LogP contribution in [0.5, 0.6) is 0 Å². The molecule has 0 bridgehead atoms. The van der Waals surface area contributed by atoms with Crippen LogP contribution < -0.4 is 10.6 Å². The molecule has 2 N–H and O–H groups in total. The van der Waals surface area contributed by atoms with Crippen molar-refractivity contribution in [2.75, 3.05) is 5.32 Å². The van der Waals surface area contributed by atoms with Gasteiger partial charge in [0.2, 0.25) is 0 Å². The van der Waals surface area contributed by atoms with Gasteiger partial charge in [0.05, 0.1) is 17.4 Å². The summed E-state index contributed by atoms with van der Waals surface area (Å²) in [6.45, 7) is 3.99. The molecule has 0 aliphatic carbocycles. The SMILES string of the molecule is CCC[C@H](NC(=O)C(=O)Nc1cc(CC)nn1C)c1ccccn1. The van der Waals surface area contributed by atoms with Crippen LogP contribution in [0, 0.1) is 0 Å². The summed E-state index contributed by atoms with van der Waals surface area (Å²) >= 11 is 0. The summed E-state index contributed by atoms with van der Waals surface area (Å²) in [5, 5.41) is 9.58. The van der Waals surface area contributed by atoms with E-state index in [1.165, 1.54) is 0 Å². The van der Waals surface area contributed by atoms with E-state index < -0.39 is 11.8 Å². The summed E-state index contributed by atoms with van der Waals surface area (Å²) in [6.07, 6.45) is 4.01. The molecule has 0 aliphatic heterocycles. The van der Waals surface area contributed by atoms with Crippen molar-refractivity contribution in [1.82, 2.24) is 20.1 Å². The van der Waals surface area contributed by atoms with Gasteiger partial charge in [-0.2, -0.15) is 5.10 Å². The van der Waals surface area contributed by atoms with Crippen molar-refractivity contribution in [3.05, 3.63) is 41.9 Å². The number of nitrogens with one attached hydrogen (secondary N) is 2. The molecule has 2 aromatic rings. The highest BCUT2D eigenvalue weighted by Gasteiger charge is 2.21. The first-order valence-electron chi connectivity index (χ1n) is 8.10. The van der Waals surface area contributed by atoms with Gasteiger partial charge < -0.3 is 10.6 Å². The first kappa shape index (κ1) is 17.7. The predicted octanol–water partition coefficient (Wildman–Crippen LogP) is 1.97. The van der Waals surface area contributed by atoms with Crippen molar-refractivity contribution in [3.8, 4) is 0 Å². The van der Waals surface area contributed by atoms with Crippen LogP contribution in [-0.2, 0) is 23.1 Å². The lowest BCUT2D eigenvalue weighted by Crippen LogP contribution is -2.38. The van der Waals surface area contributed by atoms with Crippen LogP contribution in [0.4, 0.5) is 5.82 Å². The van der Waals surface area contributed by atoms with Crippen LogP contribution in [0.1, 0.15) is 44.1 Å². The third kappa shape index (κ3) is 4.41. The van der Waals surface area contributed by atoms with Crippen LogP contribution in [0.25, 0.3) is 0 Å². The molecule has 0 radical (unpaired) electrons. The lowest BCUT2D eigenvalue weighted by Gasteiger charge is -2.17. The summed E-state index contributed by atoms with van der Waals surface area (Å²) in [5.74, 6) is -0.895. The van der Waals surface area contributed by atoms with Crippen LogP contribution in [0.3, 0.4) is 0 Å². The Morgan fingerprint density at radius 3 is 2.62 bits per heavy atom. The Kier molecular flexibility index (Phi) is 6.06. The van der Waals surface area contributed by atoms with E-state index in [1.54, 1.807) is 24.0 Å². The zero-order valence-corrected chi connectivity index (χ0v) is 14.2. The maximum Gasteiger partial charge on any atom is 0.314 e. The summed E-state index contributed by atoms with van der Waals surface area (Å²) in [7, 11) is 1.72. The Hall–Kier alpha value is -2.70. The first-order chi connectivity index (χ1) is 11.5. The number of aromatic nitrogens is 3. The average Bonchev–Trinajstić information content (AvgIpc) is 2.95. The van der Waals surface area contributed by atoms with Gasteiger partial charge in [-0.05, 0) is 25.0 Å². The second-order valence-electron chi connectivity index (χ2n) is 5.52. The fourth-order valence-corrected chi connectivity index (χ4v) is 2.38. The molecule has 0 fully saturated rings. The highest BCUT2D eigenvalue weighted by atomic mass is 16.2. The van der Waals surface area contributed by atoms with Gasteiger partial charge in [0, 0.05) is 19.3 Å². The number of aryl methyl sites for hydroxylation is 2. The molecule has 0 saturated heterocycles. The summed E-state index contributed by atoms with van der Waals surface area (Å²) in [5.41, 5.74) is 1.60. The molecule has 0 saturated carbocycles. The molecule has 2 rings (SSSR count). The minimum Gasteiger partial charge on any atom is -0.339 e. The molecule has 7 heteroatoms. The molecule has 1 atom stereocenters. The number of carbonyl (C=O) groups excluding carboxylic acids is 2. The summed E-state index contributed by atoms with van der Waals surface area (Å²) in [6, 6.07) is 6.99. The molecule has 128 valence electrons. The van der Waals surface area contributed by atoms with Crippen molar-refractivity contribution in [3.63, 3.8) is 0 Å². The van der Waals surface area contributed by atoms with E-state index in [4.69, 9.17) is 0 Å². The number of pyridine rings is 1. The fraction of sp³-hybridized carbons (Fsp3) is 0.412. The lowest BCUT2D eigenvalue weighted by atomic mass is 10.1. The molecule has 24 heavy (non-hydrogen) atoms. The lowest BCUT2D eigenvalue weighted by molar-refractivity contribution is -0.136. The number of anilines is 1. The van der Waals surface area contributed by atoms with Crippen LogP contribution >= 0.6 is 0 Å². The second kappa shape index (κ2) is 8.24. The number of carbonyl (C=O) groups is 2. The maximum atomic E-state index is 12.2. The topological polar surface area (TPSA) is 88.9 Å². The van der Waals surface area contributed by atoms with Crippen molar-refractivity contribution in [2.24, 2.45) is 7.05 Å². The largest absolute Gasteiger partial charge is 0.339 e. The van der Waals surface area contributed by atoms with Gasteiger partial charge in [0.15, 0.2) is 0 Å². The van der Waals surface area contributed by atoms with Crippen LogP contribution in [0.15, 0.2) is 30.5 Å². The van der Waals surface area contributed by atoms with E-state index in [0.29, 0.717) is 12.2 Å². The summed E-state index contributed by atoms with van der Waals surface area (Å²) < 4.78 is 1.55. The molecule has 0 aliphatic rings. The van der Waals surface area contributed by atoms with Gasteiger partial charge in [-0.1, -0.05) is 26.3 Å². The van der Waals surface area contributed by atoms with Crippen LogP contribution in [-0.4, -0.2) is 26.6 Å². The van der Waals surface area contributed by atoms with E-state index in [-0.39, 0.29) is 6.04 Å². The van der Waals surface area contributed by atoms with Crippen molar-refractivity contribution in [1.29, 1.82) is 0 Å². The molecule has 2 amide bonds. The number of hydrogen-bond acceptors (Lipinski definition) is 4. The highest BCUT2D eigenvalue weighted by molar-refractivity contribution is 6.39. The first-order valence-corrected chi connectivity index (χ1v) is 8.10. The monoisotopic (exact) mass is 329 g/mol. The van der Waals surface area contributed by atoms with Gasteiger partial charge in [-0.15, -0.1) is 0 Å². The summed E-state index contributed by atoms with van der Waals surface area (Å²) in [4.78, 5) is 28.6. The Bertz CT molecular complexity index is 696. The van der Waals surface area contributed by atoms with E-state index >= 15 is 0 Å². The standard InChI is InChI=1S/C17H23N5O2/c1-4-8-14(13-9-6-7-10-18-13)19-16(23)17(24)20-15-11-12(5-2)21-22(15)3/h6-7,9-11,14H,4-5,8H2,1-3H3,(H,19,23)(H,20,24)/t14-/m0/s1. The number of rotatable bonds is 6. The third-order valence-electron chi connectivity index (χ3n) is 3.67. The number of hydrogen-bond donors (Lipinski definition) is 2. The van der Waals surface area contributed by atoms with Gasteiger partial charge in [-0.25, -0.2) is 0 Å². The highest BCUT2D eigenvalue weighted by Crippen LogP contribution is 2.16. The number of amides is 2. The van der Waals surface area contributed by atoms with Crippen molar-refractivity contribution < 1.29 is 9.59 Å². The van der Waals surface area contributed by atoms with E-state index in [0.717, 1.165) is 24.2 Å². The Balaban J connectivity index is 2.03. The van der Waals surface area contributed by atoms with E-state index in [2.05, 4.69) is 20.7 Å². The van der Waals surface area contributed by atoms with Gasteiger partial charge >= 0.3 is 11.8 Å². The Morgan fingerprint density at radius 1 is 1.25 bits per heavy atom. The Morgan fingerprint density at radius 2 is 2.04 bits per heavy atom. The van der Waals surface area contributed by atoms with E-state index in [1.807, 2.05) is 32.0 Å². The average molecular weight is 329 g/mol. The smallest absolute Gasteiger partial charge is 0.314 e. The Labute approximate surface area is 141 Å². The quantitative estimate of drug-likeness (QED) is 0.793. The molecule has 2 aromatic heterocycles. The zero-order valence-electron chi connectivity index (χ0n) is 14.2. The third-order valence-corrected chi connectivity index (χ3v) is 3.67. The van der Waals surface area contributed by atoms with Gasteiger partial charge in [0.1, 0.15) is 5.82 Å². The number of nitrogens with zero attached hydrogens (tertiary/aromatic N) is 3. The second-order valence-corrected chi connectivity index (χ2v) is 5.52. The fourth-order valence-electron chi connectivity index (χ4n) is 2.38. The molecular formula is C17H23N5O2. The minimum absolute atomic E-state index is 0.285. The van der Waals surface area contributed by atoms with Gasteiger partial charge in [0.25, 0.3) is 0 Å². The predicted molar refractivity (Wildman–Crippen MR) is 91.2 cm³/mol.